The summed E-state index contributed by atoms with van der Waals surface area (Å²) in [5, 5.41) is 3.07. The van der Waals surface area contributed by atoms with Crippen molar-refractivity contribution in [3.63, 3.8) is 0 Å². The van der Waals surface area contributed by atoms with E-state index in [0.29, 0.717) is 34.9 Å². The van der Waals surface area contributed by atoms with E-state index in [2.05, 4.69) is 5.32 Å². The fraction of sp³-hybridized carbons (Fsp3) is 0.368. The fourth-order valence-electron chi connectivity index (χ4n) is 2.87. The third-order valence-corrected chi connectivity index (χ3v) is 4.98. The van der Waals surface area contributed by atoms with E-state index in [9.17, 15) is 9.59 Å². The van der Waals surface area contributed by atoms with E-state index in [1.807, 2.05) is 44.2 Å². The van der Waals surface area contributed by atoms with E-state index in [4.69, 9.17) is 9.47 Å². The highest BCUT2D eigenvalue weighted by Gasteiger charge is 2.33. The highest BCUT2D eigenvalue weighted by atomic mass is 32.2. The van der Waals surface area contributed by atoms with E-state index >= 15 is 0 Å². The number of carbonyl (C=O) groups excluding carboxylic acids is 2. The zero-order valence-electron chi connectivity index (χ0n) is 14.9. The summed E-state index contributed by atoms with van der Waals surface area (Å²) in [6.07, 6.45) is 0. The van der Waals surface area contributed by atoms with Crippen molar-refractivity contribution in [2.45, 2.75) is 25.7 Å². The molecule has 0 unspecified atom stereocenters. The first-order valence-electron chi connectivity index (χ1n) is 8.07. The first-order valence-corrected chi connectivity index (χ1v) is 9.06. The minimum Gasteiger partial charge on any atom is -0.466 e. The summed E-state index contributed by atoms with van der Waals surface area (Å²) in [7, 11) is 1.33. The Morgan fingerprint density at radius 3 is 2.28 bits per heavy atom. The third kappa shape index (κ3) is 4.66. The molecule has 1 N–H and O–H groups in total. The van der Waals surface area contributed by atoms with Crippen molar-refractivity contribution >= 4 is 23.7 Å². The largest absolute Gasteiger partial charge is 0.466 e. The number of esters is 2. The summed E-state index contributed by atoms with van der Waals surface area (Å²) in [6.45, 7) is 5.72. The van der Waals surface area contributed by atoms with E-state index in [1.54, 1.807) is 18.7 Å². The Hall–Kier alpha value is -2.21. The van der Waals surface area contributed by atoms with Crippen LogP contribution < -0.4 is 5.32 Å². The van der Waals surface area contributed by atoms with Gasteiger partial charge in [0, 0.05) is 28.0 Å². The van der Waals surface area contributed by atoms with Crippen LogP contribution >= 0.6 is 11.8 Å². The number of hydrogen-bond donors (Lipinski definition) is 1. The number of ether oxygens (including phenoxy) is 2. The minimum absolute atomic E-state index is 0.304. The molecule has 1 aromatic carbocycles. The molecule has 2 rings (SSSR count). The van der Waals surface area contributed by atoms with E-state index in [1.165, 1.54) is 7.11 Å². The number of methoxy groups -OCH3 is 1. The molecule has 0 saturated heterocycles. The fourth-order valence-corrected chi connectivity index (χ4v) is 3.62. The summed E-state index contributed by atoms with van der Waals surface area (Å²) < 4.78 is 10.2. The average Bonchev–Trinajstić information content (AvgIpc) is 2.59. The van der Waals surface area contributed by atoms with Crippen LogP contribution in [0.15, 0.2) is 57.8 Å². The van der Waals surface area contributed by atoms with E-state index < -0.39 is 11.9 Å². The van der Waals surface area contributed by atoms with Crippen LogP contribution in [-0.4, -0.2) is 31.4 Å². The number of carbonyl (C=O) groups is 2. The quantitative estimate of drug-likeness (QED) is 0.477. The van der Waals surface area contributed by atoms with Crippen LogP contribution in [-0.2, 0) is 19.1 Å². The molecular formula is C19H23NO4S. The first-order chi connectivity index (χ1) is 12.0. The smallest absolute Gasteiger partial charge is 0.336 e. The van der Waals surface area contributed by atoms with E-state index in [0.717, 1.165) is 4.90 Å². The molecule has 1 atom stereocenters. The topological polar surface area (TPSA) is 64.6 Å². The van der Waals surface area contributed by atoms with Crippen molar-refractivity contribution < 1.29 is 19.1 Å². The Morgan fingerprint density at radius 2 is 1.68 bits per heavy atom. The maximum absolute atomic E-state index is 12.5. The van der Waals surface area contributed by atoms with Gasteiger partial charge in [0.25, 0.3) is 0 Å². The molecular weight excluding hydrogens is 338 g/mol. The van der Waals surface area contributed by atoms with Crippen molar-refractivity contribution in [1.82, 2.24) is 5.32 Å². The van der Waals surface area contributed by atoms with Crippen molar-refractivity contribution in [2.24, 2.45) is 5.92 Å². The Balaban J connectivity index is 1.96. The number of nitrogens with one attached hydrogen (secondary N) is 1. The zero-order valence-corrected chi connectivity index (χ0v) is 15.7. The molecule has 5 nitrogen and oxygen atoms in total. The number of benzene rings is 1. The molecule has 0 fully saturated rings. The molecule has 6 heteroatoms. The molecule has 0 saturated carbocycles. The molecule has 1 aromatic rings. The van der Waals surface area contributed by atoms with Crippen molar-refractivity contribution in [3.8, 4) is 0 Å². The molecule has 0 amide bonds. The van der Waals surface area contributed by atoms with Crippen LogP contribution in [0, 0.1) is 5.92 Å². The highest BCUT2D eigenvalue weighted by Crippen LogP contribution is 2.30. The van der Waals surface area contributed by atoms with Crippen LogP contribution in [0.2, 0.25) is 0 Å². The summed E-state index contributed by atoms with van der Waals surface area (Å²) >= 11 is 1.63. The van der Waals surface area contributed by atoms with Crippen LogP contribution in [0.3, 0.4) is 0 Å². The zero-order chi connectivity index (χ0) is 18.4. The Kier molecular flexibility index (Phi) is 6.70. The van der Waals surface area contributed by atoms with Crippen LogP contribution in [0.5, 0.6) is 0 Å². The predicted octanol–water partition coefficient (Wildman–Crippen LogP) is 3.28. The molecule has 0 spiro atoms. The van der Waals surface area contributed by atoms with Gasteiger partial charge in [0.1, 0.15) is 6.61 Å². The second-order valence-corrected chi connectivity index (χ2v) is 6.88. The maximum atomic E-state index is 12.5. The molecule has 0 aliphatic carbocycles. The van der Waals surface area contributed by atoms with Gasteiger partial charge in [-0.1, -0.05) is 25.1 Å². The van der Waals surface area contributed by atoms with Crippen molar-refractivity contribution in [3.05, 3.63) is 52.9 Å². The van der Waals surface area contributed by atoms with Crippen LogP contribution in [0.25, 0.3) is 0 Å². The number of dihydropyridines is 1. The lowest BCUT2D eigenvalue weighted by atomic mass is 9.87. The lowest BCUT2D eigenvalue weighted by molar-refractivity contribution is -0.139. The molecule has 134 valence electrons. The standard InChI is InChI=1S/C19H23NO4S/c1-12-16(18(21)23-4)13(2)20-14(3)17(12)19(22)24-10-11-25-15-8-6-5-7-9-15/h5-9,12,20H,10-11H2,1-4H3/t12-/m0/s1. The Labute approximate surface area is 152 Å². The molecule has 0 radical (unpaired) electrons. The van der Waals surface area contributed by atoms with Gasteiger partial charge in [-0.25, -0.2) is 9.59 Å². The summed E-state index contributed by atoms with van der Waals surface area (Å²) in [4.78, 5) is 25.6. The third-order valence-electron chi connectivity index (χ3n) is 4.00. The Morgan fingerprint density at radius 1 is 1.08 bits per heavy atom. The van der Waals surface area contributed by atoms with Crippen molar-refractivity contribution in [2.75, 3.05) is 19.5 Å². The van der Waals surface area contributed by atoms with Gasteiger partial charge >= 0.3 is 11.9 Å². The molecule has 1 aliphatic heterocycles. The van der Waals surface area contributed by atoms with Gasteiger partial charge < -0.3 is 14.8 Å². The number of thioether (sulfide) groups is 1. The molecule has 0 aromatic heterocycles. The lowest BCUT2D eigenvalue weighted by Crippen LogP contribution is -2.32. The highest BCUT2D eigenvalue weighted by molar-refractivity contribution is 7.99. The summed E-state index contributed by atoms with van der Waals surface area (Å²) in [6, 6.07) is 9.94. The summed E-state index contributed by atoms with van der Waals surface area (Å²) in [5.41, 5.74) is 2.33. The van der Waals surface area contributed by atoms with Gasteiger partial charge in [-0.2, -0.15) is 0 Å². The van der Waals surface area contributed by atoms with Crippen molar-refractivity contribution in [1.29, 1.82) is 0 Å². The van der Waals surface area contributed by atoms with Gasteiger partial charge in [0.2, 0.25) is 0 Å². The normalized spacial score (nSPS) is 17.2. The van der Waals surface area contributed by atoms with Gasteiger partial charge in [-0.05, 0) is 26.0 Å². The number of allylic oxidation sites excluding steroid dienone is 2. The molecule has 0 bridgehead atoms. The predicted molar refractivity (Wildman–Crippen MR) is 97.8 cm³/mol. The van der Waals surface area contributed by atoms with E-state index in [-0.39, 0.29) is 5.92 Å². The molecule has 1 heterocycles. The SMILES string of the molecule is COC(=O)C1=C(C)NC(C)=C(C(=O)OCCSc2ccccc2)[C@H]1C. The molecule has 25 heavy (non-hydrogen) atoms. The Bertz CT molecular complexity index is 709. The monoisotopic (exact) mass is 361 g/mol. The van der Waals surface area contributed by atoms with Gasteiger partial charge in [0.15, 0.2) is 0 Å². The van der Waals surface area contributed by atoms with Gasteiger partial charge in [-0.3, -0.25) is 0 Å². The second kappa shape index (κ2) is 8.76. The maximum Gasteiger partial charge on any atom is 0.336 e. The van der Waals surface area contributed by atoms with Crippen LogP contribution in [0.4, 0.5) is 0 Å². The van der Waals surface area contributed by atoms with Crippen LogP contribution in [0.1, 0.15) is 20.8 Å². The van der Waals surface area contributed by atoms with Gasteiger partial charge in [-0.15, -0.1) is 11.8 Å². The number of rotatable bonds is 6. The second-order valence-electron chi connectivity index (χ2n) is 5.71. The number of hydrogen-bond acceptors (Lipinski definition) is 6. The first kappa shape index (κ1) is 19.1. The average molecular weight is 361 g/mol. The van der Waals surface area contributed by atoms with Gasteiger partial charge in [0.05, 0.1) is 18.3 Å². The lowest BCUT2D eigenvalue weighted by Gasteiger charge is -2.27. The summed E-state index contributed by atoms with van der Waals surface area (Å²) in [5.74, 6) is -0.541. The minimum atomic E-state index is -0.435. The molecule has 1 aliphatic rings.